The minimum absolute atomic E-state index is 0.0588. The number of amides is 3. The Morgan fingerprint density at radius 2 is 1.86 bits per heavy atom. The average Bonchev–Trinajstić information content (AvgIpc) is 3.54. The van der Waals surface area contributed by atoms with Crippen molar-refractivity contribution in [2.75, 3.05) is 24.3 Å². The Bertz CT molecular complexity index is 1720. The van der Waals surface area contributed by atoms with Gasteiger partial charge in [0.1, 0.15) is 12.4 Å². The van der Waals surface area contributed by atoms with E-state index in [2.05, 4.69) is 26.2 Å². The van der Waals surface area contributed by atoms with Gasteiger partial charge in [0.15, 0.2) is 0 Å². The predicted octanol–water partition coefficient (Wildman–Crippen LogP) is 3.97. The van der Waals surface area contributed by atoms with Crippen molar-refractivity contribution in [2.45, 2.75) is 12.5 Å². The maximum atomic E-state index is 13.8. The number of ether oxygens (including phenoxy) is 1. The number of anilines is 2. The quantitative estimate of drug-likeness (QED) is 0.265. The second-order valence-electron chi connectivity index (χ2n) is 9.34. The highest BCUT2D eigenvalue weighted by atomic mass is 35.5. The summed E-state index contributed by atoms with van der Waals surface area (Å²) in [6.45, 7) is 0.154. The summed E-state index contributed by atoms with van der Waals surface area (Å²) >= 11 is 6.21. The molecule has 14 heteroatoms. The summed E-state index contributed by atoms with van der Waals surface area (Å²) < 4.78 is 6.16. The number of halogens is 1. The molecule has 1 aliphatic heterocycles. The van der Waals surface area contributed by atoms with Gasteiger partial charge in [0.2, 0.25) is 5.91 Å². The van der Waals surface area contributed by atoms with Crippen LogP contribution in [0.3, 0.4) is 0 Å². The maximum absolute atomic E-state index is 13.8. The van der Waals surface area contributed by atoms with E-state index in [1.165, 1.54) is 53.4 Å². The Morgan fingerprint density at radius 1 is 1.07 bits per heavy atom. The van der Waals surface area contributed by atoms with Gasteiger partial charge in [-0.3, -0.25) is 14.9 Å². The zero-order chi connectivity index (χ0) is 30.5. The van der Waals surface area contributed by atoms with Crippen LogP contribution in [0.2, 0.25) is 5.02 Å². The van der Waals surface area contributed by atoms with Crippen molar-refractivity contribution < 1.29 is 29.0 Å². The Morgan fingerprint density at radius 3 is 2.56 bits per heavy atom. The van der Waals surface area contributed by atoms with Crippen molar-refractivity contribution >= 4 is 52.9 Å². The molecule has 5 rings (SSSR count). The Balaban J connectivity index is 1.49. The second kappa shape index (κ2) is 12.5. The number of rotatable bonds is 7. The van der Waals surface area contributed by atoms with Crippen LogP contribution in [0.1, 0.15) is 33.1 Å². The summed E-state index contributed by atoms with van der Waals surface area (Å²) in [5.74, 6) is -2.09. The predicted molar refractivity (Wildman–Crippen MR) is 156 cm³/mol. The third kappa shape index (κ3) is 6.36. The van der Waals surface area contributed by atoms with E-state index < -0.39 is 29.9 Å². The first kappa shape index (κ1) is 29.0. The highest BCUT2D eigenvalue weighted by Gasteiger charge is 2.36. The lowest BCUT2D eigenvalue weighted by Gasteiger charge is -2.36. The monoisotopic (exact) mass is 601 g/mol. The number of carboxylic acid groups (broad SMARTS) is 1. The molecule has 1 aromatic heterocycles. The first-order valence-electron chi connectivity index (χ1n) is 12.9. The Labute approximate surface area is 249 Å². The van der Waals surface area contributed by atoms with Gasteiger partial charge < -0.3 is 20.1 Å². The smallest absolute Gasteiger partial charge is 0.411 e. The number of nitrogens with one attached hydrogen (secondary N) is 2. The normalized spacial score (nSPS) is 14.2. The van der Waals surface area contributed by atoms with E-state index in [-0.39, 0.29) is 12.1 Å². The summed E-state index contributed by atoms with van der Waals surface area (Å²) in [5.41, 5.74) is 3.20. The van der Waals surface area contributed by atoms with Gasteiger partial charge in [-0.05, 0) is 82.6 Å². The number of carbonyl (C=O) groups excluding carboxylic acids is 3. The molecule has 0 saturated heterocycles. The van der Waals surface area contributed by atoms with Crippen LogP contribution in [0.5, 0.6) is 0 Å². The van der Waals surface area contributed by atoms with Crippen molar-refractivity contribution in [3.05, 3.63) is 100 Å². The number of carbonyl (C=O) groups is 4. The fourth-order valence-electron chi connectivity index (χ4n) is 4.77. The number of tetrazole rings is 1. The van der Waals surface area contributed by atoms with Crippen LogP contribution in [0.15, 0.2) is 73.1 Å². The number of carboxylic acids is 1. The van der Waals surface area contributed by atoms with E-state index in [9.17, 15) is 24.3 Å². The molecule has 2 heterocycles. The molecule has 3 amide bonds. The minimum atomic E-state index is -1.10. The number of hydrogen-bond acceptors (Lipinski definition) is 8. The fraction of sp³-hybridized carbons (Fsp3) is 0.138. The van der Waals surface area contributed by atoms with Crippen molar-refractivity contribution in [2.24, 2.45) is 0 Å². The molecule has 1 unspecified atom stereocenters. The molecular weight excluding hydrogens is 578 g/mol. The zero-order valence-corrected chi connectivity index (χ0v) is 23.4. The van der Waals surface area contributed by atoms with Crippen LogP contribution >= 0.6 is 11.6 Å². The first-order chi connectivity index (χ1) is 20.7. The number of aromatic nitrogens is 4. The van der Waals surface area contributed by atoms with Crippen LogP contribution in [-0.4, -0.2) is 67.7 Å². The molecule has 0 radical (unpaired) electrons. The largest absolute Gasteiger partial charge is 0.478 e. The van der Waals surface area contributed by atoms with Gasteiger partial charge >= 0.3 is 12.1 Å². The van der Waals surface area contributed by atoms with E-state index in [4.69, 9.17) is 16.3 Å². The van der Waals surface area contributed by atoms with Crippen LogP contribution in [0, 0.1) is 0 Å². The molecule has 0 spiro atoms. The van der Waals surface area contributed by atoms with Crippen molar-refractivity contribution in [3.63, 3.8) is 0 Å². The average molecular weight is 602 g/mol. The summed E-state index contributed by atoms with van der Waals surface area (Å²) in [4.78, 5) is 52.1. The Hall–Kier alpha value is -5.56. The lowest BCUT2D eigenvalue weighted by Crippen LogP contribution is -2.45. The van der Waals surface area contributed by atoms with E-state index in [1.54, 1.807) is 42.5 Å². The number of hydrogen-bond donors (Lipinski definition) is 3. The molecule has 218 valence electrons. The van der Waals surface area contributed by atoms with Gasteiger partial charge in [-0.1, -0.05) is 23.7 Å². The summed E-state index contributed by atoms with van der Waals surface area (Å²) in [5, 5.41) is 26.3. The second-order valence-corrected chi connectivity index (χ2v) is 9.77. The number of fused-ring (bicyclic) bond motifs is 1. The highest BCUT2D eigenvalue weighted by molar-refractivity contribution is 6.30. The molecule has 1 aliphatic rings. The fourth-order valence-corrected chi connectivity index (χ4v) is 4.95. The molecule has 43 heavy (non-hydrogen) atoms. The van der Waals surface area contributed by atoms with Gasteiger partial charge in [0.05, 0.1) is 18.4 Å². The molecule has 0 aliphatic carbocycles. The van der Waals surface area contributed by atoms with Crippen LogP contribution in [-0.2, 0) is 20.7 Å². The van der Waals surface area contributed by atoms with Gasteiger partial charge in [0, 0.05) is 34.6 Å². The number of methoxy groups -OCH3 is 1. The molecule has 3 N–H and O–H groups in total. The maximum Gasteiger partial charge on any atom is 0.411 e. The SMILES string of the molecule is COC(=O)Nc1cccc2c1CCN(C(=O)C=Cc1cc(Cl)ccc1-n1cnnn1)C2C(=O)Nc1ccc(C(=O)O)cc1. The van der Waals surface area contributed by atoms with Gasteiger partial charge in [0.25, 0.3) is 5.91 Å². The topological polar surface area (TPSA) is 169 Å². The molecule has 1 atom stereocenters. The molecule has 0 saturated carbocycles. The molecular formula is C29H24ClN7O6. The van der Waals surface area contributed by atoms with E-state index in [0.29, 0.717) is 45.2 Å². The van der Waals surface area contributed by atoms with Gasteiger partial charge in [-0.25, -0.2) is 9.59 Å². The lowest BCUT2D eigenvalue weighted by molar-refractivity contribution is -0.135. The third-order valence-corrected chi connectivity index (χ3v) is 7.00. The Kier molecular flexibility index (Phi) is 8.44. The standard InChI is InChI=1S/C29H24ClN7O6/c1-43-29(42)33-23-4-2-3-22-21(23)13-14-36(26(22)27(39)32-20-9-5-17(6-10-20)28(40)41)25(38)12-7-18-15-19(30)8-11-24(18)37-16-31-34-35-37/h2-12,15-16,26H,13-14H2,1H3,(H,32,39)(H,33,42)(H,40,41). The van der Waals surface area contributed by atoms with E-state index in [1.807, 2.05) is 0 Å². The van der Waals surface area contributed by atoms with Crippen molar-refractivity contribution in [3.8, 4) is 5.69 Å². The van der Waals surface area contributed by atoms with E-state index >= 15 is 0 Å². The van der Waals surface area contributed by atoms with Crippen LogP contribution < -0.4 is 10.6 Å². The van der Waals surface area contributed by atoms with Gasteiger partial charge in [-0.2, -0.15) is 4.68 Å². The lowest BCUT2D eigenvalue weighted by atomic mass is 9.90. The van der Waals surface area contributed by atoms with E-state index in [0.717, 1.165) is 0 Å². The summed E-state index contributed by atoms with van der Waals surface area (Å²) in [6.07, 6.45) is 3.99. The molecule has 0 bridgehead atoms. The van der Waals surface area contributed by atoms with Crippen molar-refractivity contribution in [1.29, 1.82) is 0 Å². The summed E-state index contributed by atoms with van der Waals surface area (Å²) in [6, 6.07) is 14.7. The minimum Gasteiger partial charge on any atom is -0.478 e. The van der Waals surface area contributed by atoms with Crippen molar-refractivity contribution in [1.82, 2.24) is 25.1 Å². The third-order valence-electron chi connectivity index (χ3n) is 6.77. The zero-order valence-electron chi connectivity index (χ0n) is 22.6. The number of nitrogens with zero attached hydrogens (tertiary/aromatic N) is 5. The van der Waals surface area contributed by atoms with Crippen LogP contribution in [0.4, 0.5) is 16.2 Å². The number of benzene rings is 3. The molecule has 13 nitrogen and oxygen atoms in total. The number of aromatic carboxylic acids is 1. The molecule has 3 aromatic carbocycles. The highest BCUT2D eigenvalue weighted by Crippen LogP contribution is 2.35. The molecule has 4 aromatic rings. The van der Waals surface area contributed by atoms with Gasteiger partial charge in [-0.15, -0.1) is 5.10 Å². The molecule has 0 fully saturated rings. The van der Waals surface area contributed by atoms with Crippen LogP contribution in [0.25, 0.3) is 11.8 Å². The first-order valence-corrected chi connectivity index (χ1v) is 13.3. The summed E-state index contributed by atoms with van der Waals surface area (Å²) in [7, 11) is 1.24.